The molecule has 5 heteroatoms. The Kier molecular flexibility index (Phi) is 6.78. The first-order valence-electron chi connectivity index (χ1n) is 8.69. The highest BCUT2D eigenvalue weighted by Crippen LogP contribution is 2.25. The van der Waals surface area contributed by atoms with E-state index in [9.17, 15) is 9.59 Å². The first kappa shape index (κ1) is 19.5. The molecule has 0 aliphatic heterocycles. The number of hydrogen-bond donors (Lipinski definition) is 1. The van der Waals surface area contributed by atoms with Crippen molar-refractivity contribution in [1.82, 2.24) is 0 Å². The Hall–Kier alpha value is -2.82. The van der Waals surface area contributed by atoms with Gasteiger partial charge in [0.1, 0.15) is 5.75 Å². The molecule has 1 N–H and O–H groups in total. The predicted molar refractivity (Wildman–Crippen MR) is 102 cm³/mol. The van der Waals surface area contributed by atoms with Gasteiger partial charge in [0.25, 0.3) is 5.91 Å². The van der Waals surface area contributed by atoms with Crippen molar-refractivity contribution in [2.75, 3.05) is 18.5 Å². The Bertz CT molecular complexity index is 799. The van der Waals surface area contributed by atoms with Crippen molar-refractivity contribution in [2.24, 2.45) is 0 Å². The fourth-order valence-corrected chi connectivity index (χ4v) is 2.48. The van der Waals surface area contributed by atoms with Crippen LogP contribution in [0, 0.1) is 20.8 Å². The van der Waals surface area contributed by atoms with E-state index in [1.165, 1.54) is 0 Å². The lowest BCUT2D eigenvalue weighted by atomic mass is 10.1. The van der Waals surface area contributed by atoms with Crippen LogP contribution in [0.1, 0.15) is 40.4 Å². The summed E-state index contributed by atoms with van der Waals surface area (Å²) in [5, 5.41) is 2.75. The number of ether oxygens (including phenoxy) is 2. The van der Waals surface area contributed by atoms with Gasteiger partial charge in [-0.1, -0.05) is 25.1 Å². The van der Waals surface area contributed by atoms with E-state index in [4.69, 9.17) is 9.47 Å². The number of anilines is 1. The monoisotopic (exact) mass is 355 g/mol. The third kappa shape index (κ3) is 5.09. The highest BCUT2D eigenvalue weighted by molar-refractivity contribution is 5.95. The summed E-state index contributed by atoms with van der Waals surface area (Å²) in [7, 11) is 0. The van der Waals surface area contributed by atoms with E-state index in [0.717, 1.165) is 28.9 Å². The molecule has 1 amide bonds. The number of amides is 1. The lowest BCUT2D eigenvalue weighted by Crippen LogP contribution is -2.21. The smallest absolute Gasteiger partial charge is 0.338 e. The fraction of sp³-hybridized carbons (Fsp3) is 0.333. The average Bonchev–Trinajstić information content (AvgIpc) is 2.63. The zero-order valence-corrected chi connectivity index (χ0v) is 15.7. The summed E-state index contributed by atoms with van der Waals surface area (Å²) in [5.41, 5.74) is 4.06. The van der Waals surface area contributed by atoms with Gasteiger partial charge in [-0.3, -0.25) is 4.79 Å². The Balaban J connectivity index is 1.98. The zero-order chi connectivity index (χ0) is 19.1. The molecule has 0 radical (unpaired) electrons. The topological polar surface area (TPSA) is 64.6 Å². The molecule has 0 heterocycles. The van der Waals surface area contributed by atoms with Crippen LogP contribution in [0.3, 0.4) is 0 Å². The first-order chi connectivity index (χ1) is 12.4. The molecule has 0 bridgehead atoms. The molecule has 0 aliphatic carbocycles. The Morgan fingerprint density at radius 2 is 1.77 bits per heavy atom. The van der Waals surface area contributed by atoms with E-state index >= 15 is 0 Å². The van der Waals surface area contributed by atoms with Crippen molar-refractivity contribution in [2.45, 2.75) is 34.1 Å². The number of carbonyl (C=O) groups is 2. The maximum absolute atomic E-state index is 12.2. The summed E-state index contributed by atoms with van der Waals surface area (Å²) in [6.07, 6.45) is 0.761. The van der Waals surface area contributed by atoms with E-state index in [1.54, 1.807) is 24.3 Å². The standard InChI is InChI=1S/C21H25NO4/c1-5-11-25-21(24)17-7-6-8-18(12-17)22-19(23)13-26-20-15(3)10-9-14(2)16(20)4/h6-10,12H,5,11,13H2,1-4H3,(H,22,23). The lowest BCUT2D eigenvalue weighted by molar-refractivity contribution is -0.118. The lowest BCUT2D eigenvalue weighted by Gasteiger charge is -2.14. The molecule has 0 saturated carbocycles. The Morgan fingerprint density at radius 1 is 1.04 bits per heavy atom. The van der Waals surface area contributed by atoms with Gasteiger partial charge < -0.3 is 14.8 Å². The van der Waals surface area contributed by atoms with E-state index in [0.29, 0.717) is 17.9 Å². The number of esters is 1. The van der Waals surface area contributed by atoms with Gasteiger partial charge in [-0.05, 0) is 62.1 Å². The van der Waals surface area contributed by atoms with Crippen LogP contribution in [-0.2, 0) is 9.53 Å². The Labute approximate surface area is 154 Å². The van der Waals surface area contributed by atoms with E-state index < -0.39 is 5.97 Å². The molecule has 0 unspecified atom stereocenters. The van der Waals surface area contributed by atoms with Gasteiger partial charge in [-0.25, -0.2) is 4.79 Å². The molecule has 5 nitrogen and oxygen atoms in total. The number of benzene rings is 2. The molecule has 0 spiro atoms. The second-order valence-electron chi connectivity index (χ2n) is 6.21. The van der Waals surface area contributed by atoms with Crippen molar-refractivity contribution in [3.8, 4) is 5.75 Å². The maximum Gasteiger partial charge on any atom is 0.338 e. The molecule has 0 fully saturated rings. The van der Waals surface area contributed by atoms with Gasteiger partial charge in [-0.2, -0.15) is 0 Å². The van der Waals surface area contributed by atoms with Gasteiger partial charge in [0.05, 0.1) is 12.2 Å². The molecule has 0 aliphatic rings. The molecule has 138 valence electrons. The van der Waals surface area contributed by atoms with Gasteiger partial charge in [0, 0.05) is 5.69 Å². The quantitative estimate of drug-likeness (QED) is 0.756. The fourth-order valence-electron chi connectivity index (χ4n) is 2.48. The SMILES string of the molecule is CCCOC(=O)c1cccc(NC(=O)COc2c(C)ccc(C)c2C)c1. The van der Waals surface area contributed by atoms with Crippen LogP contribution < -0.4 is 10.1 Å². The number of carbonyl (C=O) groups excluding carboxylic acids is 2. The van der Waals surface area contributed by atoms with E-state index in [-0.39, 0.29) is 12.5 Å². The minimum Gasteiger partial charge on any atom is -0.483 e. The number of hydrogen-bond acceptors (Lipinski definition) is 4. The molecule has 2 aromatic carbocycles. The van der Waals surface area contributed by atoms with Crippen molar-refractivity contribution in [1.29, 1.82) is 0 Å². The summed E-state index contributed by atoms with van der Waals surface area (Å²) >= 11 is 0. The molecule has 2 aromatic rings. The molecule has 0 atom stereocenters. The third-order valence-corrected chi connectivity index (χ3v) is 4.04. The Morgan fingerprint density at radius 3 is 2.50 bits per heavy atom. The largest absolute Gasteiger partial charge is 0.483 e. The third-order valence-electron chi connectivity index (χ3n) is 4.04. The van der Waals surface area contributed by atoms with Crippen LogP contribution in [0.15, 0.2) is 36.4 Å². The molecular weight excluding hydrogens is 330 g/mol. The summed E-state index contributed by atoms with van der Waals surface area (Å²) in [5.74, 6) is 0.0478. The summed E-state index contributed by atoms with van der Waals surface area (Å²) in [4.78, 5) is 24.1. The molecule has 2 rings (SSSR count). The normalized spacial score (nSPS) is 10.3. The number of rotatable bonds is 7. The average molecular weight is 355 g/mol. The van der Waals surface area contributed by atoms with E-state index in [2.05, 4.69) is 5.32 Å². The first-order valence-corrected chi connectivity index (χ1v) is 8.69. The van der Waals surface area contributed by atoms with Crippen molar-refractivity contribution < 1.29 is 19.1 Å². The minimum atomic E-state index is -0.398. The molecular formula is C21H25NO4. The second-order valence-corrected chi connectivity index (χ2v) is 6.21. The highest BCUT2D eigenvalue weighted by Gasteiger charge is 2.11. The van der Waals surface area contributed by atoms with Crippen molar-refractivity contribution in [3.63, 3.8) is 0 Å². The van der Waals surface area contributed by atoms with Crippen molar-refractivity contribution in [3.05, 3.63) is 58.7 Å². The highest BCUT2D eigenvalue weighted by atomic mass is 16.5. The van der Waals surface area contributed by atoms with Crippen LogP contribution in [0.5, 0.6) is 5.75 Å². The van der Waals surface area contributed by atoms with Gasteiger partial charge in [0.2, 0.25) is 0 Å². The summed E-state index contributed by atoms with van der Waals surface area (Å²) in [6.45, 7) is 8.13. The van der Waals surface area contributed by atoms with Crippen molar-refractivity contribution >= 4 is 17.6 Å². The second kappa shape index (κ2) is 9.04. The van der Waals surface area contributed by atoms with Crippen LogP contribution in [0.25, 0.3) is 0 Å². The van der Waals surface area contributed by atoms with Gasteiger partial charge in [0.15, 0.2) is 6.61 Å². The molecule has 0 saturated heterocycles. The zero-order valence-electron chi connectivity index (χ0n) is 15.7. The number of nitrogens with one attached hydrogen (secondary N) is 1. The number of aryl methyl sites for hydroxylation is 2. The van der Waals surface area contributed by atoms with Gasteiger partial charge >= 0.3 is 5.97 Å². The summed E-state index contributed by atoms with van der Waals surface area (Å²) < 4.78 is 10.8. The van der Waals surface area contributed by atoms with Gasteiger partial charge in [-0.15, -0.1) is 0 Å². The maximum atomic E-state index is 12.2. The van der Waals surface area contributed by atoms with Crippen LogP contribution in [-0.4, -0.2) is 25.1 Å². The van der Waals surface area contributed by atoms with Crippen LogP contribution >= 0.6 is 0 Å². The minimum absolute atomic E-state index is 0.102. The summed E-state index contributed by atoms with van der Waals surface area (Å²) in [6, 6.07) is 10.7. The molecule has 0 aromatic heterocycles. The van der Waals surface area contributed by atoms with Crippen LogP contribution in [0.2, 0.25) is 0 Å². The molecule has 26 heavy (non-hydrogen) atoms. The predicted octanol–water partition coefficient (Wildman–Crippen LogP) is 4.20. The van der Waals surface area contributed by atoms with Crippen LogP contribution in [0.4, 0.5) is 5.69 Å². The van der Waals surface area contributed by atoms with E-state index in [1.807, 2.05) is 39.8 Å².